The van der Waals surface area contributed by atoms with Gasteiger partial charge in [-0.15, -0.1) is 11.3 Å². The Morgan fingerprint density at radius 1 is 0.863 bits per heavy atom. The molecule has 0 bridgehead atoms. The number of hydrogen-bond donors (Lipinski definition) is 0. The van der Waals surface area contributed by atoms with Gasteiger partial charge in [0.05, 0.1) is 25.4 Å². The monoisotopic (exact) mass is 711 g/mol. The molecule has 1 saturated carbocycles. The normalized spacial score (nSPS) is 24.5. The highest BCUT2D eigenvalue weighted by atomic mass is 32.1. The highest BCUT2D eigenvalue weighted by Crippen LogP contribution is 2.44. The van der Waals surface area contributed by atoms with Gasteiger partial charge in [0.2, 0.25) is 11.8 Å². The maximum atomic E-state index is 7.04. The minimum Gasteiger partial charge on any atom is -0.497 e. The van der Waals surface area contributed by atoms with Gasteiger partial charge in [0, 0.05) is 62.3 Å². The number of morpholine rings is 1. The van der Waals surface area contributed by atoms with E-state index in [4.69, 9.17) is 18.9 Å². The van der Waals surface area contributed by atoms with Crippen molar-refractivity contribution in [2.24, 2.45) is 11.8 Å². The second-order valence-corrected chi connectivity index (χ2v) is 16.3. The molecule has 4 aromatic rings. The summed E-state index contributed by atoms with van der Waals surface area (Å²) in [6, 6.07) is 24.4. The summed E-state index contributed by atoms with van der Waals surface area (Å²) in [5.74, 6) is 4.07. The van der Waals surface area contributed by atoms with Crippen LogP contribution in [0.25, 0.3) is 0 Å². The summed E-state index contributed by atoms with van der Waals surface area (Å²) in [4.78, 5) is 17.0. The first-order valence-electron chi connectivity index (χ1n) is 19.1. The Kier molecular flexibility index (Phi) is 11.7. The molecule has 4 atom stereocenters. The molecule has 4 unspecified atom stereocenters. The number of thiophene rings is 1. The largest absolute Gasteiger partial charge is 0.497 e. The van der Waals surface area contributed by atoms with Gasteiger partial charge in [-0.3, -0.25) is 4.90 Å². The van der Waals surface area contributed by atoms with Gasteiger partial charge in [-0.25, -0.2) is 4.98 Å². The third-order valence-electron chi connectivity index (χ3n) is 11.4. The predicted molar refractivity (Wildman–Crippen MR) is 208 cm³/mol. The zero-order valence-electron chi connectivity index (χ0n) is 31.2. The first-order valence-corrected chi connectivity index (χ1v) is 20.0. The fourth-order valence-corrected chi connectivity index (χ4v) is 9.93. The molecule has 0 amide bonds. The van der Waals surface area contributed by atoms with Crippen molar-refractivity contribution in [3.8, 4) is 5.75 Å². The van der Waals surface area contributed by atoms with Crippen molar-refractivity contribution in [3.63, 3.8) is 0 Å². The van der Waals surface area contributed by atoms with Crippen LogP contribution >= 0.6 is 11.3 Å². The topological polar surface area (TPSA) is 57.5 Å². The first-order chi connectivity index (χ1) is 24.8. The summed E-state index contributed by atoms with van der Waals surface area (Å²) in [6.45, 7) is 9.86. The highest BCUT2D eigenvalue weighted by Gasteiger charge is 2.37. The maximum Gasteiger partial charge on any atom is 0.220 e. The van der Waals surface area contributed by atoms with Gasteiger partial charge in [-0.2, -0.15) is 0 Å². The van der Waals surface area contributed by atoms with E-state index in [1.54, 1.807) is 7.11 Å². The number of anilines is 2. The molecule has 274 valence electrons. The van der Waals surface area contributed by atoms with Crippen molar-refractivity contribution in [1.29, 1.82) is 0 Å². The Morgan fingerprint density at radius 3 is 2.20 bits per heavy atom. The molecule has 4 heterocycles. The Labute approximate surface area is 309 Å². The Bertz CT molecular complexity index is 1620. The predicted octanol–water partition coefficient (Wildman–Crippen LogP) is 8.31. The van der Waals surface area contributed by atoms with Crippen LogP contribution in [0.2, 0.25) is 0 Å². The zero-order valence-corrected chi connectivity index (χ0v) is 32.1. The van der Waals surface area contributed by atoms with E-state index in [0.717, 1.165) is 75.3 Å². The standard InChI is InChI=1S/C42H57N5O3S/c1-30-28-47(29-31(2)49-30)42-37(26-32-10-7-6-8-11-32)43-41(50-42)38(46-23-21-45(22-24-46)35-17-19-36(48-5)20-18-35)27-33-13-15-34(16-14-33)40(44(3)4)39-12-9-25-51-39/h6-12,17-20,25,30-31,33-34,38,40H,13-16,21-24,26-29H2,1-5H3. The second-order valence-electron chi connectivity index (χ2n) is 15.3. The Morgan fingerprint density at radius 2 is 1.57 bits per heavy atom. The molecule has 3 aliphatic rings. The highest BCUT2D eigenvalue weighted by molar-refractivity contribution is 7.10. The number of methoxy groups -OCH3 is 1. The number of nitrogens with zero attached hydrogens (tertiary/aromatic N) is 5. The van der Waals surface area contributed by atoms with Gasteiger partial charge in [0.25, 0.3) is 0 Å². The molecule has 0 N–H and O–H groups in total. The lowest BCUT2D eigenvalue weighted by Crippen LogP contribution is -2.48. The molecule has 2 aliphatic heterocycles. The van der Waals surface area contributed by atoms with Crippen LogP contribution in [0.15, 0.2) is 76.5 Å². The molecule has 8 nitrogen and oxygen atoms in total. The van der Waals surface area contributed by atoms with Crippen molar-refractivity contribution in [3.05, 3.63) is 94.1 Å². The molecular formula is C42H57N5O3S. The van der Waals surface area contributed by atoms with Crippen molar-refractivity contribution in [1.82, 2.24) is 14.8 Å². The van der Waals surface area contributed by atoms with Gasteiger partial charge in [-0.05, 0) is 100 Å². The van der Waals surface area contributed by atoms with Crippen molar-refractivity contribution in [2.75, 3.05) is 70.3 Å². The van der Waals surface area contributed by atoms with E-state index in [0.29, 0.717) is 17.9 Å². The van der Waals surface area contributed by atoms with E-state index < -0.39 is 0 Å². The van der Waals surface area contributed by atoms with Gasteiger partial charge >= 0.3 is 0 Å². The number of aromatic nitrogens is 1. The smallest absolute Gasteiger partial charge is 0.220 e. The molecule has 2 saturated heterocycles. The maximum absolute atomic E-state index is 7.04. The van der Waals surface area contributed by atoms with Crippen LogP contribution in [0.5, 0.6) is 5.75 Å². The van der Waals surface area contributed by atoms with Crippen molar-refractivity contribution >= 4 is 22.9 Å². The molecule has 7 rings (SSSR count). The van der Waals surface area contributed by atoms with Gasteiger partial charge < -0.3 is 28.6 Å². The average Bonchev–Trinajstić information content (AvgIpc) is 3.82. The molecular weight excluding hydrogens is 655 g/mol. The van der Waals surface area contributed by atoms with E-state index in [2.05, 4.69) is 120 Å². The van der Waals surface area contributed by atoms with Crippen LogP contribution in [0.1, 0.15) is 80.1 Å². The fraction of sp³-hybridized carbons (Fsp3) is 0.548. The van der Waals surface area contributed by atoms with Crippen LogP contribution in [0.4, 0.5) is 11.6 Å². The number of piperazine rings is 1. The minimum absolute atomic E-state index is 0.143. The average molecular weight is 712 g/mol. The summed E-state index contributed by atoms with van der Waals surface area (Å²) >= 11 is 1.91. The Balaban J connectivity index is 1.14. The van der Waals surface area contributed by atoms with Gasteiger partial charge in [0.15, 0.2) is 0 Å². The van der Waals surface area contributed by atoms with Crippen LogP contribution < -0.4 is 14.5 Å². The number of oxazole rings is 1. The third kappa shape index (κ3) is 8.65. The molecule has 9 heteroatoms. The van der Waals surface area contributed by atoms with Crippen LogP contribution in [0, 0.1) is 11.8 Å². The van der Waals surface area contributed by atoms with E-state index >= 15 is 0 Å². The fourth-order valence-electron chi connectivity index (χ4n) is 8.91. The lowest BCUT2D eigenvalue weighted by Gasteiger charge is -2.41. The zero-order chi connectivity index (χ0) is 35.3. The molecule has 2 aromatic heterocycles. The minimum atomic E-state index is 0.143. The summed E-state index contributed by atoms with van der Waals surface area (Å²) in [6.07, 6.45) is 7.18. The lowest BCUT2D eigenvalue weighted by atomic mass is 9.75. The van der Waals surface area contributed by atoms with Gasteiger partial charge in [0.1, 0.15) is 11.4 Å². The number of benzene rings is 2. The third-order valence-corrected chi connectivity index (χ3v) is 12.3. The molecule has 51 heavy (non-hydrogen) atoms. The van der Waals surface area contributed by atoms with E-state index in [-0.39, 0.29) is 18.2 Å². The molecule has 2 aromatic carbocycles. The number of ether oxygens (including phenoxy) is 2. The quantitative estimate of drug-likeness (QED) is 0.146. The van der Waals surface area contributed by atoms with Crippen LogP contribution in [-0.2, 0) is 11.2 Å². The van der Waals surface area contributed by atoms with Crippen LogP contribution in [0.3, 0.4) is 0 Å². The number of rotatable bonds is 12. The molecule has 0 radical (unpaired) electrons. The Hall–Kier alpha value is -3.37. The summed E-state index contributed by atoms with van der Waals surface area (Å²) < 4.78 is 18.6. The van der Waals surface area contributed by atoms with Gasteiger partial charge in [-0.1, -0.05) is 49.2 Å². The van der Waals surface area contributed by atoms with E-state index in [1.165, 1.54) is 41.8 Å². The molecule has 0 spiro atoms. The molecule has 3 fully saturated rings. The SMILES string of the molecule is COc1ccc(N2CCN(C(CC3CCC(C(c4cccs4)N(C)C)CC3)c3nc(Cc4ccccc4)c(N4CC(C)OC(C)C4)o3)CC2)cc1. The summed E-state index contributed by atoms with van der Waals surface area (Å²) in [7, 11) is 6.23. The molecule has 1 aliphatic carbocycles. The summed E-state index contributed by atoms with van der Waals surface area (Å²) in [5.41, 5.74) is 3.57. The summed E-state index contributed by atoms with van der Waals surface area (Å²) in [5, 5.41) is 2.23. The van der Waals surface area contributed by atoms with Crippen LogP contribution in [-0.4, -0.2) is 87.5 Å². The van der Waals surface area contributed by atoms with Crippen molar-refractivity contribution < 1.29 is 13.9 Å². The lowest BCUT2D eigenvalue weighted by molar-refractivity contribution is -0.00662. The van der Waals surface area contributed by atoms with E-state index in [1.807, 2.05) is 11.3 Å². The second kappa shape index (κ2) is 16.5. The van der Waals surface area contributed by atoms with E-state index in [9.17, 15) is 0 Å². The first kappa shape index (κ1) is 36.0. The number of hydrogen-bond acceptors (Lipinski definition) is 9. The van der Waals surface area contributed by atoms with Crippen molar-refractivity contribution in [2.45, 2.75) is 76.7 Å².